The summed E-state index contributed by atoms with van der Waals surface area (Å²) < 4.78 is 17.2. The van der Waals surface area contributed by atoms with E-state index < -0.39 is 0 Å². The van der Waals surface area contributed by atoms with Crippen molar-refractivity contribution >= 4 is 0 Å². The molecule has 1 nitrogen and oxygen atoms in total. The smallest absolute Gasteiger partial charge is 0.122 e. The molecule has 0 saturated carbocycles. The molecule has 0 saturated heterocycles. The average molecular weight is 182 g/mol. The van der Waals surface area contributed by atoms with Crippen LogP contribution in [-0.2, 0) is 6.42 Å². The Labute approximate surface area is 78.5 Å². The number of hydrogen-bond donors (Lipinski definition) is 0. The lowest BCUT2D eigenvalue weighted by atomic mass is 10.1. The van der Waals surface area contributed by atoms with E-state index in [2.05, 4.69) is 6.92 Å². The van der Waals surface area contributed by atoms with Crippen LogP contribution in [-0.4, -0.2) is 13.3 Å². The quantitative estimate of drug-likeness (QED) is 0.636. The summed E-state index contributed by atoms with van der Waals surface area (Å²) in [5.41, 5.74) is 1.18. The molecule has 0 aliphatic rings. The maximum absolute atomic E-state index is 11.8. The predicted octanol–water partition coefficient (Wildman–Crippen LogP) is 2.99. The molecule has 1 aromatic rings. The summed E-state index contributed by atoms with van der Waals surface area (Å²) >= 11 is 0. The number of hydrogen-bond acceptors (Lipinski definition) is 1. The van der Waals surface area contributed by atoms with Gasteiger partial charge in [-0.2, -0.15) is 0 Å². The summed E-state index contributed by atoms with van der Waals surface area (Å²) in [5.74, 6) is 0.887. The number of halogens is 1. The molecule has 0 atom stereocenters. The normalized spacial score (nSPS) is 10.0. The topological polar surface area (TPSA) is 9.23 Å². The maximum Gasteiger partial charge on any atom is 0.122 e. The predicted molar refractivity (Wildman–Crippen MR) is 51.9 cm³/mol. The van der Waals surface area contributed by atoms with E-state index in [9.17, 15) is 4.39 Å². The third-order valence-corrected chi connectivity index (χ3v) is 1.89. The highest BCUT2D eigenvalue weighted by atomic mass is 19.1. The van der Waals surface area contributed by atoms with E-state index in [-0.39, 0.29) is 6.67 Å². The zero-order chi connectivity index (χ0) is 9.52. The molecular formula is C11H15FO. The number of para-hydroxylation sites is 1. The van der Waals surface area contributed by atoms with Crippen molar-refractivity contribution in [3.05, 3.63) is 29.8 Å². The zero-order valence-corrected chi connectivity index (χ0v) is 7.92. The van der Waals surface area contributed by atoms with Gasteiger partial charge in [0.1, 0.15) is 5.75 Å². The summed E-state index contributed by atoms with van der Waals surface area (Å²) in [5, 5.41) is 0. The molecular weight excluding hydrogens is 167 g/mol. The molecule has 1 rings (SSSR count). The van der Waals surface area contributed by atoms with Gasteiger partial charge in [-0.3, -0.25) is 4.39 Å². The fourth-order valence-corrected chi connectivity index (χ4v) is 1.17. The van der Waals surface area contributed by atoms with Gasteiger partial charge in [-0.25, -0.2) is 0 Å². The van der Waals surface area contributed by atoms with E-state index in [0.29, 0.717) is 13.0 Å². The van der Waals surface area contributed by atoms with Gasteiger partial charge >= 0.3 is 0 Å². The highest BCUT2D eigenvalue weighted by Gasteiger charge is 1.99. The average Bonchev–Trinajstić information content (AvgIpc) is 2.19. The van der Waals surface area contributed by atoms with Crippen molar-refractivity contribution in [2.45, 2.75) is 19.8 Å². The van der Waals surface area contributed by atoms with Crippen molar-refractivity contribution in [2.75, 3.05) is 13.3 Å². The molecule has 0 aliphatic carbocycles. The van der Waals surface area contributed by atoms with Crippen LogP contribution in [0.15, 0.2) is 24.3 Å². The van der Waals surface area contributed by atoms with Gasteiger partial charge in [0.25, 0.3) is 0 Å². The Bertz CT molecular complexity index is 248. The van der Waals surface area contributed by atoms with Crippen LogP contribution in [0.5, 0.6) is 5.75 Å². The summed E-state index contributed by atoms with van der Waals surface area (Å²) in [7, 11) is 0. The monoisotopic (exact) mass is 182 g/mol. The van der Waals surface area contributed by atoms with Crippen LogP contribution in [0.4, 0.5) is 4.39 Å². The number of aryl methyl sites for hydroxylation is 1. The Morgan fingerprint density at radius 1 is 1.31 bits per heavy atom. The molecule has 72 valence electrons. The molecule has 0 unspecified atom stereocenters. The summed E-state index contributed by atoms with van der Waals surface area (Å²) in [4.78, 5) is 0. The number of alkyl halides is 1. The lowest BCUT2D eigenvalue weighted by molar-refractivity contribution is 0.287. The SMILES string of the molecule is CCc1ccccc1OCCCF. The van der Waals surface area contributed by atoms with Crippen LogP contribution in [0, 0.1) is 0 Å². The Morgan fingerprint density at radius 3 is 2.77 bits per heavy atom. The first-order valence-electron chi connectivity index (χ1n) is 4.65. The molecule has 0 aliphatic heterocycles. The lowest BCUT2D eigenvalue weighted by Crippen LogP contribution is -2.00. The van der Waals surface area contributed by atoms with Gasteiger partial charge in [-0.05, 0) is 18.1 Å². The van der Waals surface area contributed by atoms with E-state index in [4.69, 9.17) is 4.74 Å². The third kappa shape index (κ3) is 3.05. The zero-order valence-electron chi connectivity index (χ0n) is 7.92. The van der Waals surface area contributed by atoms with Crippen molar-refractivity contribution < 1.29 is 9.13 Å². The largest absolute Gasteiger partial charge is 0.493 e. The first kappa shape index (κ1) is 10.0. The van der Waals surface area contributed by atoms with Crippen molar-refractivity contribution in [2.24, 2.45) is 0 Å². The van der Waals surface area contributed by atoms with Gasteiger partial charge in [0.05, 0.1) is 13.3 Å². The first-order valence-corrected chi connectivity index (χ1v) is 4.65. The van der Waals surface area contributed by atoms with Crippen LogP contribution in [0.25, 0.3) is 0 Å². The Kier molecular flexibility index (Phi) is 4.30. The molecule has 0 heterocycles. The number of rotatable bonds is 5. The highest BCUT2D eigenvalue weighted by molar-refractivity contribution is 5.33. The van der Waals surface area contributed by atoms with Crippen LogP contribution in [0.2, 0.25) is 0 Å². The van der Waals surface area contributed by atoms with Gasteiger partial charge in [0.15, 0.2) is 0 Å². The van der Waals surface area contributed by atoms with E-state index >= 15 is 0 Å². The fraction of sp³-hybridized carbons (Fsp3) is 0.455. The lowest BCUT2D eigenvalue weighted by Gasteiger charge is -2.08. The minimum atomic E-state index is -0.311. The van der Waals surface area contributed by atoms with Gasteiger partial charge in [-0.15, -0.1) is 0 Å². The Balaban J connectivity index is 2.54. The summed E-state index contributed by atoms with van der Waals surface area (Å²) in [6, 6.07) is 7.88. The standard InChI is InChI=1S/C11H15FO/c1-2-10-6-3-4-7-11(10)13-9-5-8-12/h3-4,6-7H,2,5,8-9H2,1H3. The Morgan fingerprint density at radius 2 is 2.08 bits per heavy atom. The van der Waals surface area contributed by atoms with Crippen molar-refractivity contribution in [1.82, 2.24) is 0 Å². The number of ether oxygens (including phenoxy) is 1. The maximum atomic E-state index is 11.8. The van der Waals surface area contributed by atoms with Crippen LogP contribution < -0.4 is 4.74 Å². The summed E-state index contributed by atoms with van der Waals surface area (Å²) in [6.45, 7) is 2.24. The van der Waals surface area contributed by atoms with Crippen molar-refractivity contribution in [3.8, 4) is 5.75 Å². The van der Waals surface area contributed by atoms with E-state index in [0.717, 1.165) is 12.2 Å². The molecule has 0 fully saturated rings. The van der Waals surface area contributed by atoms with Crippen molar-refractivity contribution in [3.63, 3.8) is 0 Å². The van der Waals surface area contributed by atoms with E-state index in [1.54, 1.807) is 0 Å². The van der Waals surface area contributed by atoms with Gasteiger partial charge in [0, 0.05) is 6.42 Å². The van der Waals surface area contributed by atoms with Crippen LogP contribution in [0.1, 0.15) is 18.9 Å². The highest BCUT2D eigenvalue weighted by Crippen LogP contribution is 2.18. The van der Waals surface area contributed by atoms with Crippen molar-refractivity contribution in [1.29, 1.82) is 0 Å². The van der Waals surface area contributed by atoms with E-state index in [1.165, 1.54) is 5.56 Å². The fourth-order valence-electron chi connectivity index (χ4n) is 1.17. The molecule has 0 N–H and O–H groups in total. The number of benzene rings is 1. The van der Waals surface area contributed by atoms with Gasteiger partial charge in [0.2, 0.25) is 0 Å². The molecule has 0 bridgehead atoms. The Hall–Kier alpha value is -1.05. The molecule has 13 heavy (non-hydrogen) atoms. The van der Waals surface area contributed by atoms with E-state index in [1.807, 2.05) is 24.3 Å². The molecule has 0 spiro atoms. The first-order chi connectivity index (χ1) is 6.38. The minimum absolute atomic E-state index is 0.311. The minimum Gasteiger partial charge on any atom is -0.493 e. The van der Waals surface area contributed by atoms with Gasteiger partial charge < -0.3 is 4.74 Å². The molecule has 1 aromatic carbocycles. The molecule has 0 aromatic heterocycles. The van der Waals surface area contributed by atoms with Gasteiger partial charge in [-0.1, -0.05) is 25.1 Å². The van der Waals surface area contributed by atoms with Crippen LogP contribution >= 0.6 is 0 Å². The second-order valence-electron chi connectivity index (χ2n) is 2.85. The molecule has 0 radical (unpaired) electrons. The third-order valence-electron chi connectivity index (χ3n) is 1.89. The molecule has 0 amide bonds. The summed E-state index contributed by atoms with van der Waals surface area (Å²) in [6.07, 6.45) is 1.42. The molecule has 2 heteroatoms. The van der Waals surface area contributed by atoms with Crippen LogP contribution in [0.3, 0.4) is 0 Å². The second-order valence-corrected chi connectivity index (χ2v) is 2.85. The second kappa shape index (κ2) is 5.57.